The number of likely N-dealkylation sites (N-methyl/N-ethyl adjacent to an activating group) is 1. The van der Waals surface area contributed by atoms with Crippen LogP contribution >= 0.6 is 34.8 Å². The Hall–Kier alpha value is -6.94. The fourth-order valence-corrected chi connectivity index (χ4v) is 15.3. The predicted molar refractivity (Wildman–Crippen MR) is 370 cm³/mol. The predicted octanol–water partition coefficient (Wildman–Crippen LogP) is 16.9. The molecule has 1 saturated heterocycles. The number of carbonyl (C=O) groups is 3. The number of nitrogens with zero attached hydrogens (tertiary/aromatic N) is 4. The molecule has 5 N–H and O–H groups in total. The topological polar surface area (TPSA) is 133 Å². The van der Waals surface area contributed by atoms with Gasteiger partial charge in [-0.1, -0.05) is 84.0 Å². The van der Waals surface area contributed by atoms with Crippen molar-refractivity contribution >= 4 is 102 Å². The van der Waals surface area contributed by atoms with E-state index in [1.807, 2.05) is 115 Å². The number of hydrogen-bond acceptors (Lipinski definition) is 4. The summed E-state index contributed by atoms with van der Waals surface area (Å²) in [5, 5.41) is 13.8. The second-order valence-electron chi connectivity index (χ2n) is 27.9. The fraction of sp³-hybridized carbons (Fsp3) is 0.392. The van der Waals surface area contributed by atoms with E-state index in [1.54, 1.807) is 6.07 Å². The summed E-state index contributed by atoms with van der Waals surface area (Å²) >= 11 is 18.2. The smallest absolute Gasteiger partial charge is 0.272 e. The molecule has 4 fully saturated rings. The van der Waals surface area contributed by atoms with Crippen LogP contribution in [0, 0.1) is 17.8 Å². The molecule has 6 aromatic carbocycles. The number of rotatable bonds is 17. The normalized spacial score (nSPS) is 18.5. The lowest BCUT2D eigenvalue weighted by molar-refractivity contribution is -0.929. The summed E-state index contributed by atoms with van der Waals surface area (Å²) < 4.78 is 10.6. The number of nitrogens with one attached hydrogen (secondary N) is 5. The quantitative estimate of drug-likeness (QED) is 0.0581. The van der Waals surface area contributed by atoms with Crippen molar-refractivity contribution in [3.63, 3.8) is 0 Å². The zero-order valence-corrected chi connectivity index (χ0v) is 55.6. The Morgan fingerprint density at radius 1 is 0.511 bits per heavy atom. The summed E-state index contributed by atoms with van der Waals surface area (Å²) in [6.07, 6.45) is 15.3. The van der Waals surface area contributed by atoms with E-state index in [1.165, 1.54) is 87.4 Å². The summed E-state index contributed by atoms with van der Waals surface area (Å²) in [6, 6.07) is 47.7. The number of carbonyl (C=O) groups excluding carboxylic acids is 3. The first kappa shape index (κ1) is 64.6. The molecule has 4 heterocycles. The lowest BCUT2D eigenvalue weighted by Crippen LogP contribution is -2.48. The number of aromatic nitrogens is 3. The third-order valence-corrected chi connectivity index (χ3v) is 19.9. The van der Waals surface area contributed by atoms with Crippen LogP contribution in [0.25, 0.3) is 32.7 Å². The molecule has 1 aliphatic heterocycles. The van der Waals surface area contributed by atoms with Gasteiger partial charge < -0.3 is 48.7 Å². The van der Waals surface area contributed by atoms with Crippen molar-refractivity contribution in [2.45, 2.75) is 102 Å². The summed E-state index contributed by atoms with van der Waals surface area (Å²) in [5.74, 6) is 2.45. The van der Waals surface area contributed by atoms with Crippen LogP contribution in [0.3, 0.4) is 0 Å². The van der Waals surface area contributed by atoms with Crippen LogP contribution in [0.4, 0.5) is 17.1 Å². The Labute approximate surface area is 545 Å². The van der Waals surface area contributed by atoms with Crippen LogP contribution in [-0.2, 0) is 31.4 Å². The molecule has 4 atom stereocenters. The number of fused-ring (bicyclic) bond motifs is 5. The molecule has 3 saturated carbocycles. The van der Waals surface area contributed by atoms with E-state index in [4.69, 9.17) is 39.5 Å². The SMILES string of the molecule is C[N+](C)(Cc1ccc(NC(=O)c2cc3cc(Cl)ccc3[nH]2)cc1)CC1CC2CCC1C2.C[N+](C)(Cc1ccc(NC(=O)c2cc3cc(Cl)ccc3[nH]2)cc1)C[C@@H]1CCCO1.Cn1c(C(=O)Nc2ccc(C[N+](C)(C)C3CCCCC3)cc2)cc2cc(Cl)ccc21. The van der Waals surface area contributed by atoms with Gasteiger partial charge in [0.15, 0.2) is 0 Å². The van der Waals surface area contributed by atoms with Crippen LogP contribution < -0.4 is 16.0 Å². The first-order valence-electron chi connectivity index (χ1n) is 32.2. The maximum atomic E-state index is 12.8. The molecule has 3 aliphatic carbocycles. The molecule has 13 rings (SSSR count). The Morgan fingerprint density at radius 3 is 1.49 bits per heavy atom. The van der Waals surface area contributed by atoms with Crippen molar-refractivity contribution in [2.24, 2.45) is 24.8 Å². The minimum Gasteiger partial charge on any atom is -0.372 e. The van der Waals surface area contributed by atoms with Gasteiger partial charge in [0.25, 0.3) is 17.7 Å². The standard InChI is InChI=1S/C26H30ClN3O.C25H30ClN3O.C23H26ClN3O2/c1-30(2,16-21-12-18-3-6-19(21)11-18)15-17-4-8-23(9-5-17)28-26(31)25-14-20-13-22(27)7-10-24(20)29-25;1-28-23-14-11-20(26)15-19(23)16-24(28)25(30)27-21-12-9-18(10-13-21)17-29(2,3)22-7-5-4-6-8-22;1-27(2,15-20-4-3-11-29-20)14-16-5-8-19(9-6-16)25-23(28)22-13-17-12-18(24)7-10-21(17)26-22/h4-5,7-10,13-14,18-19,21H,3,6,11-12,15-16H2,1-2H3,(H-,28,29,31);9-16,22H,4-8,17H2,1-3H3;5-10,12-13,20H,3-4,11,14-15H2,1-2H3,(H-,25,26,28)/p+3/t;;20-/m..0/s1. The minimum atomic E-state index is -0.167. The van der Waals surface area contributed by atoms with E-state index in [-0.39, 0.29) is 17.7 Å². The number of amides is 3. The molecule has 16 heteroatoms. The van der Waals surface area contributed by atoms with Crippen molar-refractivity contribution < 1.29 is 32.6 Å². The lowest BCUT2D eigenvalue weighted by Gasteiger charge is -2.40. The number of halogens is 3. The highest BCUT2D eigenvalue weighted by Crippen LogP contribution is 2.49. The molecular weight excluding hydrogens is 1190 g/mol. The first-order valence-corrected chi connectivity index (χ1v) is 33.3. The number of ether oxygens (including phenoxy) is 1. The number of aromatic amines is 2. The summed E-state index contributed by atoms with van der Waals surface area (Å²) in [5.41, 5.74) is 10.7. The summed E-state index contributed by atoms with van der Waals surface area (Å²) in [7, 11) is 15.8. The average molecular weight is 1270 g/mol. The van der Waals surface area contributed by atoms with Gasteiger partial charge in [0.1, 0.15) is 49.4 Å². The molecule has 4 aliphatic rings. The zero-order valence-electron chi connectivity index (χ0n) is 53.3. The van der Waals surface area contributed by atoms with Gasteiger partial charge in [-0.25, -0.2) is 0 Å². The van der Waals surface area contributed by atoms with Gasteiger partial charge in [0.2, 0.25) is 0 Å². The van der Waals surface area contributed by atoms with E-state index < -0.39 is 0 Å². The van der Waals surface area contributed by atoms with E-state index in [0.29, 0.717) is 38.3 Å². The van der Waals surface area contributed by atoms with Gasteiger partial charge in [0, 0.05) is 101 Å². The molecule has 13 nitrogen and oxygen atoms in total. The van der Waals surface area contributed by atoms with E-state index >= 15 is 0 Å². The molecule has 3 aromatic heterocycles. The number of benzene rings is 6. The number of aryl methyl sites for hydroxylation is 1. The fourth-order valence-electron chi connectivity index (χ4n) is 14.7. The molecule has 0 radical (unpaired) electrons. The highest BCUT2D eigenvalue weighted by atomic mass is 35.5. The van der Waals surface area contributed by atoms with E-state index in [0.717, 1.165) is 126 Å². The van der Waals surface area contributed by atoms with E-state index in [9.17, 15) is 14.4 Å². The van der Waals surface area contributed by atoms with Crippen LogP contribution in [0.2, 0.25) is 15.1 Å². The maximum Gasteiger partial charge on any atom is 0.272 e. The van der Waals surface area contributed by atoms with Gasteiger partial charge in [-0.05, 0) is 179 Å². The summed E-state index contributed by atoms with van der Waals surface area (Å²) in [6.45, 7) is 6.14. The van der Waals surface area contributed by atoms with Crippen LogP contribution in [0.15, 0.2) is 146 Å². The second kappa shape index (κ2) is 27.9. The Balaban J connectivity index is 0.000000139. The average Bonchev–Trinajstić information content (AvgIpc) is 1.76. The van der Waals surface area contributed by atoms with Crippen molar-refractivity contribution in [2.75, 3.05) is 77.9 Å². The lowest BCUT2D eigenvalue weighted by atomic mass is 9.88. The maximum absolute atomic E-state index is 12.8. The number of H-pyrrole nitrogens is 2. The Kier molecular flexibility index (Phi) is 20.0. The van der Waals surface area contributed by atoms with Crippen molar-refractivity contribution in [1.82, 2.24) is 14.5 Å². The van der Waals surface area contributed by atoms with Crippen molar-refractivity contribution in [3.05, 3.63) is 194 Å². The highest BCUT2D eigenvalue weighted by molar-refractivity contribution is 6.32. The van der Waals surface area contributed by atoms with E-state index in [2.05, 4.69) is 105 Å². The Bertz CT molecular complexity index is 3970. The molecule has 9 aromatic rings. The van der Waals surface area contributed by atoms with Crippen LogP contribution in [0.1, 0.15) is 119 Å². The molecule has 90 heavy (non-hydrogen) atoms. The zero-order chi connectivity index (χ0) is 63.3. The largest absolute Gasteiger partial charge is 0.372 e. The molecule has 0 spiro atoms. The monoisotopic (exact) mass is 1270 g/mol. The molecule has 3 unspecified atom stereocenters. The number of hydrogen-bond donors (Lipinski definition) is 5. The second-order valence-corrected chi connectivity index (χ2v) is 29.2. The molecular formula is C74H89Cl3N9O4+3. The van der Waals surface area contributed by atoms with Gasteiger partial charge >= 0.3 is 0 Å². The van der Waals surface area contributed by atoms with Crippen molar-refractivity contribution in [1.29, 1.82) is 0 Å². The number of anilines is 3. The van der Waals surface area contributed by atoms with Crippen LogP contribution in [0.5, 0.6) is 0 Å². The molecule has 472 valence electrons. The third-order valence-electron chi connectivity index (χ3n) is 19.2. The van der Waals surface area contributed by atoms with Gasteiger partial charge in [-0.15, -0.1) is 0 Å². The third kappa shape index (κ3) is 16.6. The molecule has 3 amide bonds. The highest BCUT2D eigenvalue weighted by Gasteiger charge is 2.42. The number of quaternary nitrogens is 3. The molecule has 2 bridgehead atoms. The minimum absolute atomic E-state index is 0.115. The Morgan fingerprint density at radius 2 is 1.00 bits per heavy atom. The van der Waals surface area contributed by atoms with Gasteiger partial charge in [0.05, 0.1) is 54.9 Å². The van der Waals surface area contributed by atoms with Crippen molar-refractivity contribution in [3.8, 4) is 0 Å². The summed E-state index contributed by atoms with van der Waals surface area (Å²) in [4.78, 5) is 44.4. The van der Waals surface area contributed by atoms with Gasteiger partial charge in [-0.3, -0.25) is 14.4 Å². The van der Waals surface area contributed by atoms with Gasteiger partial charge in [-0.2, -0.15) is 0 Å². The van der Waals surface area contributed by atoms with Crippen LogP contribution in [-0.4, -0.2) is 120 Å². The first-order chi connectivity index (χ1) is 43.1.